The average molecular weight is 262 g/mol. The highest BCUT2D eigenvalue weighted by Crippen LogP contribution is 2.24. The molecule has 1 aliphatic rings. The molecule has 0 radical (unpaired) electrons. The van der Waals surface area contributed by atoms with Gasteiger partial charge in [-0.2, -0.15) is 0 Å². The van der Waals surface area contributed by atoms with Gasteiger partial charge in [0.1, 0.15) is 5.82 Å². The van der Waals surface area contributed by atoms with Gasteiger partial charge in [-0.05, 0) is 43.9 Å². The minimum absolute atomic E-state index is 0.106. The Morgan fingerprint density at radius 2 is 2.16 bits per heavy atom. The van der Waals surface area contributed by atoms with Gasteiger partial charge in [-0.15, -0.1) is 0 Å². The van der Waals surface area contributed by atoms with E-state index >= 15 is 0 Å². The Morgan fingerprint density at radius 3 is 2.89 bits per heavy atom. The van der Waals surface area contributed by atoms with E-state index in [9.17, 15) is 5.11 Å². The molecule has 2 rings (SSSR count). The van der Waals surface area contributed by atoms with E-state index in [4.69, 9.17) is 4.98 Å². The maximum absolute atomic E-state index is 9.43. The topological polar surface area (TPSA) is 36.4 Å². The molecule has 0 saturated carbocycles. The highest BCUT2D eigenvalue weighted by atomic mass is 16.3. The number of aromatic nitrogens is 1. The molecule has 106 valence electrons. The lowest BCUT2D eigenvalue weighted by Crippen LogP contribution is -2.33. The summed E-state index contributed by atoms with van der Waals surface area (Å²) in [5.74, 6) is 1.06. The first-order valence-electron chi connectivity index (χ1n) is 7.62. The first-order chi connectivity index (χ1) is 9.24. The van der Waals surface area contributed by atoms with E-state index in [-0.39, 0.29) is 6.61 Å². The number of pyridine rings is 1. The summed E-state index contributed by atoms with van der Waals surface area (Å²) in [6.07, 6.45) is 7.22. The highest BCUT2D eigenvalue weighted by molar-refractivity contribution is 5.44. The quantitative estimate of drug-likeness (QED) is 0.904. The molecule has 1 aliphatic heterocycles. The van der Waals surface area contributed by atoms with E-state index in [1.807, 2.05) is 6.07 Å². The molecule has 3 nitrogen and oxygen atoms in total. The van der Waals surface area contributed by atoms with Crippen LogP contribution in [0.5, 0.6) is 0 Å². The monoisotopic (exact) mass is 262 g/mol. The minimum atomic E-state index is 0.106. The minimum Gasteiger partial charge on any atom is -0.392 e. The van der Waals surface area contributed by atoms with Crippen LogP contribution in [0.15, 0.2) is 12.1 Å². The maximum atomic E-state index is 9.43. The van der Waals surface area contributed by atoms with E-state index in [1.54, 1.807) is 0 Å². The van der Waals surface area contributed by atoms with Crippen molar-refractivity contribution in [3.05, 3.63) is 23.4 Å². The van der Waals surface area contributed by atoms with E-state index in [0.717, 1.165) is 36.5 Å². The van der Waals surface area contributed by atoms with Crippen LogP contribution in [0.25, 0.3) is 0 Å². The van der Waals surface area contributed by atoms with Crippen LogP contribution in [0.1, 0.15) is 57.2 Å². The Morgan fingerprint density at radius 1 is 1.32 bits per heavy atom. The van der Waals surface area contributed by atoms with E-state index in [0.29, 0.717) is 6.04 Å². The average Bonchev–Trinajstić information content (AvgIpc) is 2.63. The van der Waals surface area contributed by atoms with Crippen LogP contribution < -0.4 is 4.90 Å². The van der Waals surface area contributed by atoms with E-state index in [1.165, 1.54) is 25.7 Å². The summed E-state index contributed by atoms with van der Waals surface area (Å²) in [6.45, 7) is 5.66. The van der Waals surface area contributed by atoms with Crippen molar-refractivity contribution in [1.29, 1.82) is 0 Å². The fourth-order valence-corrected chi connectivity index (χ4v) is 2.87. The molecule has 2 heterocycles. The Bertz CT molecular complexity index is 406. The number of hydrogen-bond donors (Lipinski definition) is 1. The SMILES string of the molecule is CCCc1cc(CO)cc(N2CCCCCC2C)n1. The van der Waals surface area contributed by atoms with Crippen molar-refractivity contribution in [2.24, 2.45) is 0 Å². The van der Waals surface area contributed by atoms with Crippen molar-refractivity contribution in [3.63, 3.8) is 0 Å². The number of rotatable bonds is 4. The molecule has 1 atom stereocenters. The van der Waals surface area contributed by atoms with Crippen LogP contribution in [0.3, 0.4) is 0 Å². The third-order valence-corrected chi connectivity index (χ3v) is 3.96. The molecule has 0 bridgehead atoms. The molecule has 0 spiro atoms. The summed E-state index contributed by atoms with van der Waals surface area (Å²) in [4.78, 5) is 7.22. The second-order valence-electron chi connectivity index (χ2n) is 5.62. The summed E-state index contributed by atoms with van der Waals surface area (Å²) in [6, 6.07) is 4.65. The van der Waals surface area contributed by atoms with Gasteiger partial charge in [0.15, 0.2) is 0 Å². The molecule has 3 heteroatoms. The molecular formula is C16H26N2O. The molecule has 0 aromatic carbocycles. The second-order valence-corrected chi connectivity index (χ2v) is 5.62. The zero-order valence-corrected chi connectivity index (χ0v) is 12.2. The van der Waals surface area contributed by atoms with Gasteiger partial charge in [-0.3, -0.25) is 0 Å². The van der Waals surface area contributed by atoms with Crippen LogP contribution in [0, 0.1) is 0 Å². The standard InChI is InChI=1S/C16H26N2O/c1-3-7-15-10-14(12-19)11-16(17-15)18-9-6-4-5-8-13(18)2/h10-11,13,19H,3-9,12H2,1-2H3. The smallest absolute Gasteiger partial charge is 0.129 e. The second kappa shape index (κ2) is 6.90. The molecule has 1 saturated heterocycles. The predicted molar refractivity (Wildman–Crippen MR) is 79.4 cm³/mol. The summed E-state index contributed by atoms with van der Waals surface area (Å²) < 4.78 is 0. The summed E-state index contributed by atoms with van der Waals surface area (Å²) in [5.41, 5.74) is 2.10. The normalized spacial score (nSPS) is 20.4. The van der Waals surface area contributed by atoms with Gasteiger partial charge in [0.25, 0.3) is 0 Å². The van der Waals surface area contributed by atoms with Gasteiger partial charge >= 0.3 is 0 Å². The first kappa shape index (κ1) is 14.3. The fraction of sp³-hybridized carbons (Fsp3) is 0.688. The van der Waals surface area contributed by atoms with Crippen molar-refractivity contribution < 1.29 is 5.11 Å². The number of hydrogen-bond acceptors (Lipinski definition) is 3. The Labute approximate surface area is 116 Å². The third kappa shape index (κ3) is 3.69. The molecule has 1 unspecified atom stereocenters. The number of aliphatic hydroxyl groups excluding tert-OH is 1. The number of anilines is 1. The van der Waals surface area contributed by atoms with Crippen molar-refractivity contribution in [3.8, 4) is 0 Å². The van der Waals surface area contributed by atoms with E-state index < -0.39 is 0 Å². The van der Waals surface area contributed by atoms with Crippen molar-refractivity contribution >= 4 is 5.82 Å². The lowest BCUT2D eigenvalue weighted by atomic mass is 10.1. The molecule has 19 heavy (non-hydrogen) atoms. The van der Waals surface area contributed by atoms with Crippen molar-refractivity contribution in [1.82, 2.24) is 4.98 Å². The van der Waals surface area contributed by atoms with Crippen LogP contribution in [-0.4, -0.2) is 22.7 Å². The summed E-state index contributed by atoms with van der Waals surface area (Å²) in [7, 11) is 0. The number of nitrogens with zero attached hydrogens (tertiary/aromatic N) is 2. The van der Waals surface area contributed by atoms with Crippen LogP contribution in [0.4, 0.5) is 5.82 Å². The first-order valence-corrected chi connectivity index (χ1v) is 7.62. The lowest BCUT2D eigenvalue weighted by Gasteiger charge is -2.29. The molecule has 1 aromatic rings. The van der Waals surface area contributed by atoms with Gasteiger partial charge in [0.05, 0.1) is 6.61 Å². The fourth-order valence-electron chi connectivity index (χ4n) is 2.87. The van der Waals surface area contributed by atoms with Gasteiger partial charge < -0.3 is 10.0 Å². The summed E-state index contributed by atoms with van der Waals surface area (Å²) >= 11 is 0. The van der Waals surface area contributed by atoms with Crippen molar-refractivity contribution in [2.75, 3.05) is 11.4 Å². The Hall–Kier alpha value is -1.09. The highest BCUT2D eigenvalue weighted by Gasteiger charge is 2.19. The molecule has 0 aliphatic carbocycles. The molecule has 1 N–H and O–H groups in total. The Kier molecular flexibility index (Phi) is 5.20. The summed E-state index contributed by atoms with van der Waals surface area (Å²) in [5, 5.41) is 9.43. The van der Waals surface area contributed by atoms with Gasteiger partial charge in [0.2, 0.25) is 0 Å². The third-order valence-electron chi connectivity index (χ3n) is 3.96. The van der Waals surface area contributed by atoms with Crippen LogP contribution in [-0.2, 0) is 13.0 Å². The predicted octanol–water partition coefficient (Wildman–Crippen LogP) is 3.30. The van der Waals surface area contributed by atoms with Gasteiger partial charge in [0, 0.05) is 18.3 Å². The van der Waals surface area contributed by atoms with Crippen LogP contribution >= 0.6 is 0 Å². The zero-order chi connectivity index (χ0) is 13.7. The molecule has 1 aromatic heterocycles. The molecular weight excluding hydrogens is 236 g/mol. The van der Waals surface area contributed by atoms with E-state index in [2.05, 4.69) is 24.8 Å². The Balaban J connectivity index is 2.27. The van der Waals surface area contributed by atoms with Crippen molar-refractivity contribution in [2.45, 2.75) is 65.0 Å². The lowest BCUT2D eigenvalue weighted by molar-refractivity contribution is 0.281. The van der Waals surface area contributed by atoms with Gasteiger partial charge in [-0.1, -0.05) is 26.2 Å². The van der Waals surface area contributed by atoms with Crippen LogP contribution in [0.2, 0.25) is 0 Å². The molecule has 0 amide bonds. The largest absolute Gasteiger partial charge is 0.392 e. The zero-order valence-electron chi connectivity index (χ0n) is 12.2. The number of aliphatic hydroxyl groups is 1. The maximum Gasteiger partial charge on any atom is 0.129 e. The van der Waals surface area contributed by atoms with Gasteiger partial charge in [-0.25, -0.2) is 4.98 Å². The number of aryl methyl sites for hydroxylation is 1. The molecule has 1 fully saturated rings.